The smallest absolute Gasteiger partial charge is 0.338 e. The molecule has 206 valence electrons. The van der Waals surface area contributed by atoms with Gasteiger partial charge in [0.15, 0.2) is 15.1 Å². The molecule has 1 aromatic carbocycles. The third-order valence-electron chi connectivity index (χ3n) is 6.00. The zero-order valence-corrected chi connectivity index (χ0v) is 25.1. The second-order valence-electron chi connectivity index (χ2n) is 8.57. The number of carbonyl (C=O) groups excluding carboxylic acids is 1. The Morgan fingerprint density at radius 3 is 2.73 bits per heavy atom. The molecule has 1 aliphatic rings. The topological polar surface area (TPSA) is 109 Å². The van der Waals surface area contributed by atoms with Crippen molar-refractivity contribution in [2.75, 3.05) is 13.7 Å². The monoisotopic (exact) mass is 640 g/mol. The van der Waals surface area contributed by atoms with Crippen molar-refractivity contribution in [1.29, 1.82) is 0 Å². The minimum atomic E-state index is -0.764. The third kappa shape index (κ3) is 5.56. The van der Waals surface area contributed by atoms with Gasteiger partial charge in [-0.25, -0.2) is 19.8 Å². The number of hydrogen-bond donors (Lipinski definition) is 0. The van der Waals surface area contributed by atoms with Crippen molar-refractivity contribution in [3.63, 3.8) is 0 Å². The minimum absolute atomic E-state index is 0.201. The number of hydrogen-bond acceptors (Lipinski definition) is 10. The van der Waals surface area contributed by atoms with Crippen LogP contribution in [0.1, 0.15) is 44.1 Å². The lowest BCUT2D eigenvalue weighted by atomic mass is 9.93. The van der Waals surface area contributed by atoms with E-state index >= 15 is 0 Å². The zero-order valence-electron chi connectivity index (χ0n) is 21.9. The second-order valence-corrected chi connectivity index (χ2v) is 11.4. The van der Waals surface area contributed by atoms with Crippen LogP contribution in [0.4, 0.5) is 0 Å². The van der Waals surface area contributed by atoms with Gasteiger partial charge in [-0.15, -0.1) is 0 Å². The van der Waals surface area contributed by atoms with Gasteiger partial charge < -0.3 is 13.9 Å². The molecule has 0 bridgehead atoms. The highest BCUT2D eigenvalue weighted by Gasteiger charge is 2.35. The highest BCUT2D eigenvalue weighted by Crippen LogP contribution is 2.37. The number of nitrogens with zero attached hydrogens (tertiary/aromatic N) is 4. The number of ether oxygens (including phenoxy) is 2. The number of esters is 1. The van der Waals surface area contributed by atoms with Gasteiger partial charge in [0.1, 0.15) is 17.6 Å². The van der Waals surface area contributed by atoms with E-state index < -0.39 is 12.0 Å². The van der Waals surface area contributed by atoms with Gasteiger partial charge >= 0.3 is 5.97 Å². The number of methoxy groups -OCH3 is 1. The average molecular weight is 642 g/mol. The lowest BCUT2D eigenvalue weighted by Crippen LogP contribution is -2.40. The molecule has 0 unspecified atom stereocenters. The van der Waals surface area contributed by atoms with Crippen molar-refractivity contribution in [3.05, 3.63) is 95.5 Å². The van der Waals surface area contributed by atoms with Crippen LogP contribution in [0.2, 0.25) is 0 Å². The molecule has 40 heavy (non-hydrogen) atoms. The first-order valence-electron chi connectivity index (χ1n) is 12.5. The van der Waals surface area contributed by atoms with E-state index in [4.69, 9.17) is 18.9 Å². The van der Waals surface area contributed by atoms with Crippen molar-refractivity contribution in [1.82, 2.24) is 14.5 Å². The molecule has 0 saturated carbocycles. The third-order valence-corrected chi connectivity index (χ3v) is 8.72. The molecule has 0 radical (unpaired) electrons. The van der Waals surface area contributed by atoms with Crippen molar-refractivity contribution in [3.8, 4) is 5.75 Å². The van der Waals surface area contributed by atoms with E-state index in [9.17, 15) is 9.59 Å². The van der Waals surface area contributed by atoms with E-state index in [2.05, 4.69) is 25.9 Å². The zero-order chi connectivity index (χ0) is 28.2. The van der Waals surface area contributed by atoms with Gasteiger partial charge in [0.25, 0.3) is 5.56 Å². The summed E-state index contributed by atoms with van der Waals surface area (Å²) in [6.45, 7) is 3.97. The second kappa shape index (κ2) is 12.4. The molecule has 1 aliphatic heterocycles. The molecule has 9 nitrogen and oxygen atoms in total. The van der Waals surface area contributed by atoms with E-state index in [1.807, 2.05) is 31.2 Å². The Hall–Kier alpha value is -3.48. The summed E-state index contributed by atoms with van der Waals surface area (Å²) >= 11 is 6.03. The van der Waals surface area contributed by atoms with Crippen LogP contribution in [0.15, 0.2) is 89.0 Å². The Morgan fingerprint density at radius 2 is 2.00 bits per heavy atom. The summed E-state index contributed by atoms with van der Waals surface area (Å²) in [6.07, 6.45) is 6.31. The number of benzene rings is 1. The predicted molar refractivity (Wildman–Crippen MR) is 155 cm³/mol. The molecule has 0 aliphatic carbocycles. The average Bonchev–Trinajstić information content (AvgIpc) is 3.46. The van der Waals surface area contributed by atoms with Crippen LogP contribution in [0.5, 0.6) is 5.75 Å². The molecule has 0 N–H and O–H groups in total. The van der Waals surface area contributed by atoms with Crippen molar-refractivity contribution in [2.45, 2.75) is 43.0 Å². The van der Waals surface area contributed by atoms with E-state index in [1.165, 1.54) is 23.1 Å². The molecule has 0 saturated heterocycles. The first-order chi connectivity index (χ1) is 19.4. The molecule has 1 atom stereocenters. The van der Waals surface area contributed by atoms with Crippen LogP contribution in [0, 0.1) is 0 Å². The molecule has 0 fully saturated rings. The predicted octanol–water partition coefficient (Wildman–Crippen LogP) is 4.88. The Bertz CT molecular complexity index is 1760. The summed E-state index contributed by atoms with van der Waals surface area (Å²) in [7, 11) is 1.56. The highest BCUT2D eigenvalue weighted by molar-refractivity contribution is 9.10. The standard InChI is InChI=1S/C28H25BrN4O5S2/c1-4-9-19-22(25(35)37-5-2)23(17-10-6-7-11-20(17)36-3)33-24(34)21(39-28(33)32-19)15-16-14-18(29)26(38-16)40-27-30-12-8-13-31-27/h6-8,10-15,23H,4-5,9H2,1-3H3/b21-15+/t23-/m0/s1. The van der Waals surface area contributed by atoms with Gasteiger partial charge in [0.05, 0.1) is 34.0 Å². The minimum Gasteiger partial charge on any atom is -0.496 e. The van der Waals surface area contributed by atoms with E-state index in [1.54, 1.807) is 49.2 Å². The Kier molecular flexibility index (Phi) is 8.67. The van der Waals surface area contributed by atoms with Crippen molar-refractivity contribution in [2.24, 2.45) is 4.99 Å². The van der Waals surface area contributed by atoms with E-state index in [-0.39, 0.29) is 12.2 Å². The highest BCUT2D eigenvalue weighted by atomic mass is 79.9. The number of rotatable bonds is 9. The molecule has 0 spiro atoms. The number of halogens is 1. The van der Waals surface area contributed by atoms with Gasteiger partial charge in [0, 0.05) is 24.0 Å². The fourth-order valence-electron chi connectivity index (χ4n) is 4.37. The summed E-state index contributed by atoms with van der Waals surface area (Å²) in [4.78, 5) is 41.0. The summed E-state index contributed by atoms with van der Waals surface area (Å²) in [5.74, 6) is 0.531. The first-order valence-corrected chi connectivity index (χ1v) is 15.0. The van der Waals surface area contributed by atoms with Gasteiger partial charge in [-0.2, -0.15) is 0 Å². The fraction of sp³-hybridized carbons (Fsp3) is 0.250. The molecule has 3 aromatic heterocycles. The maximum Gasteiger partial charge on any atom is 0.338 e. The summed E-state index contributed by atoms with van der Waals surface area (Å²) in [5.41, 5.74) is 1.32. The molecule has 12 heteroatoms. The molecule has 5 rings (SSSR count). The van der Waals surface area contributed by atoms with E-state index in [0.29, 0.717) is 58.8 Å². The molecular weight excluding hydrogens is 616 g/mol. The van der Waals surface area contributed by atoms with Gasteiger partial charge in [0.2, 0.25) is 0 Å². The number of thiazole rings is 1. The number of carbonyl (C=O) groups is 1. The van der Waals surface area contributed by atoms with Crippen LogP contribution in [0.3, 0.4) is 0 Å². The number of allylic oxidation sites excluding steroid dienone is 1. The first kappa shape index (κ1) is 28.1. The SMILES string of the molecule is CCCC1=C(C(=O)OCC)[C@H](c2ccccc2OC)n2c(s/c(=C/c3cc(Br)c(Sc4ncccn4)o3)c2=O)=N1. The van der Waals surface area contributed by atoms with Crippen LogP contribution in [0.25, 0.3) is 6.08 Å². The quantitative estimate of drug-likeness (QED) is 0.188. The summed E-state index contributed by atoms with van der Waals surface area (Å²) in [5, 5.41) is 1.10. The summed E-state index contributed by atoms with van der Waals surface area (Å²) < 4.78 is 19.8. The Morgan fingerprint density at radius 1 is 1.23 bits per heavy atom. The molecule has 4 aromatic rings. The molecule has 0 amide bonds. The maximum atomic E-state index is 14.0. The van der Waals surface area contributed by atoms with Crippen LogP contribution in [-0.4, -0.2) is 34.2 Å². The lowest BCUT2D eigenvalue weighted by Gasteiger charge is -2.26. The number of fused-ring (bicyclic) bond motifs is 1. The Labute approximate surface area is 246 Å². The van der Waals surface area contributed by atoms with Crippen LogP contribution >= 0.6 is 39.0 Å². The van der Waals surface area contributed by atoms with Gasteiger partial charge in [-0.1, -0.05) is 42.9 Å². The fourth-order valence-corrected chi connectivity index (χ4v) is 6.60. The molecular formula is C28H25BrN4O5S2. The normalized spacial score (nSPS) is 15.1. The van der Waals surface area contributed by atoms with Gasteiger partial charge in [-0.05, 0) is 59.2 Å². The van der Waals surface area contributed by atoms with Crippen LogP contribution in [-0.2, 0) is 9.53 Å². The summed E-state index contributed by atoms with van der Waals surface area (Å²) in [6, 6.07) is 10.1. The van der Waals surface area contributed by atoms with Crippen molar-refractivity contribution >= 4 is 51.1 Å². The van der Waals surface area contributed by atoms with Crippen molar-refractivity contribution < 1.29 is 18.7 Å². The largest absolute Gasteiger partial charge is 0.496 e. The Balaban J connectivity index is 1.67. The number of para-hydroxylation sites is 1. The molecule has 4 heterocycles. The maximum absolute atomic E-state index is 14.0. The number of aromatic nitrogens is 3. The van der Waals surface area contributed by atoms with Gasteiger partial charge in [-0.3, -0.25) is 9.36 Å². The van der Waals surface area contributed by atoms with E-state index in [0.717, 1.165) is 6.42 Å². The van der Waals surface area contributed by atoms with Crippen LogP contribution < -0.4 is 19.6 Å². The number of furan rings is 1. The lowest BCUT2D eigenvalue weighted by molar-refractivity contribution is -0.139.